The van der Waals surface area contributed by atoms with E-state index in [1.165, 1.54) is 0 Å². The number of carbonyl (C=O) groups is 1. The van der Waals surface area contributed by atoms with Gasteiger partial charge in [0.05, 0.1) is 11.8 Å². The van der Waals surface area contributed by atoms with Crippen LogP contribution in [0.2, 0.25) is 0 Å². The van der Waals surface area contributed by atoms with E-state index in [9.17, 15) is 9.90 Å². The van der Waals surface area contributed by atoms with Crippen LogP contribution in [-0.4, -0.2) is 33.1 Å². The second kappa shape index (κ2) is 7.28. The van der Waals surface area contributed by atoms with Crippen LogP contribution in [0.3, 0.4) is 0 Å². The molecule has 1 aromatic carbocycles. The maximum Gasteiger partial charge on any atom is 0.315 e. The van der Waals surface area contributed by atoms with E-state index in [1.54, 1.807) is 10.9 Å². The monoisotopic (exact) mass is 314 g/mol. The number of urea groups is 1. The van der Waals surface area contributed by atoms with Crippen molar-refractivity contribution in [2.45, 2.75) is 44.4 Å². The predicted molar refractivity (Wildman–Crippen MR) is 87.2 cm³/mol. The molecule has 2 aromatic rings. The van der Waals surface area contributed by atoms with E-state index in [-0.39, 0.29) is 18.2 Å². The van der Waals surface area contributed by atoms with E-state index in [2.05, 4.69) is 15.7 Å². The minimum Gasteiger partial charge on any atom is -0.393 e. The zero-order valence-corrected chi connectivity index (χ0v) is 13.0. The van der Waals surface area contributed by atoms with Crippen LogP contribution in [0.1, 0.15) is 31.2 Å². The normalized spacial score (nSPS) is 20.9. The molecule has 1 aliphatic rings. The van der Waals surface area contributed by atoms with Gasteiger partial charge in [-0.15, -0.1) is 0 Å². The molecule has 1 fully saturated rings. The van der Waals surface area contributed by atoms with Crippen LogP contribution in [-0.2, 0) is 6.54 Å². The Bertz CT molecular complexity index is 634. The Kier molecular flexibility index (Phi) is 4.92. The number of aromatic nitrogens is 2. The first-order chi connectivity index (χ1) is 11.2. The summed E-state index contributed by atoms with van der Waals surface area (Å²) < 4.78 is 1.79. The van der Waals surface area contributed by atoms with Crippen molar-refractivity contribution in [2.75, 3.05) is 0 Å². The summed E-state index contributed by atoms with van der Waals surface area (Å²) in [6.45, 7) is 0.442. The van der Waals surface area contributed by atoms with Crippen molar-refractivity contribution in [1.82, 2.24) is 20.4 Å². The number of aliphatic hydroxyl groups excluding tert-OH is 1. The average Bonchev–Trinajstić information content (AvgIpc) is 3.10. The molecule has 1 aromatic heterocycles. The van der Waals surface area contributed by atoms with Gasteiger partial charge in [0.1, 0.15) is 0 Å². The van der Waals surface area contributed by atoms with Gasteiger partial charge in [0.25, 0.3) is 0 Å². The highest BCUT2D eigenvalue weighted by atomic mass is 16.3. The molecule has 3 N–H and O–H groups in total. The number of carbonyl (C=O) groups excluding carboxylic acids is 1. The number of nitrogens with zero attached hydrogens (tertiary/aromatic N) is 2. The molecule has 0 atom stereocenters. The van der Waals surface area contributed by atoms with E-state index in [0.717, 1.165) is 36.9 Å². The predicted octanol–water partition coefficient (Wildman–Crippen LogP) is 1.97. The third-order valence-electron chi connectivity index (χ3n) is 4.21. The molecule has 1 heterocycles. The van der Waals surface area contributed by atoms with E-state index in [1.807, 2.05) is 36.5 Å². The first kappa shape index (κ1) is 15.6. The number of rotatable bonds is 4. The van der Waals surface area contributed by atoms with Gasteiger partial charge in [-0.3, -0.25) is 0 Å². The summed E-state index contributed by atoms with van der Waals surface area (Å²) in [5, 5.41) is 19.6. The van der Waals surface area contributed by atoms with Crippen LogP contribution in [0, 0.1) is 0 Å². The molecule has 1 saturated carbocycles. The third kappa shape index (κ3) is 4.10. The van der Waals surface area contributed by atoms with Gasteiger partial charge in [0, 0.05) is 25.0 Å². The fraction of sp³-hybridized carbons (Fsp3) is 0.412. The van der Waals surface area contributed by atoms with Gasteiger partial charge in [-0.1, -0.05) is 18.2 Å². The molecule has 3 rings (SSSR count). The Morgan fingerprint density at radius 1 is 1.22 bits per heavy atom. The first-order valence-corrected chi connectivity index (χ1v) is 8.03. The molecule has 1 aliphatic carbocycles. The Morgan fingerprint density at radius 2 is 2.00 bits per heavy atom. The highest BCUT2D eigenvalue weighted by Crippen LogP contribution is 2.18. The van der Waals surface area contributed by atoms with E-state index < -0.39 is 0 Å². The highest BCUT2D eigenvalue weighted by molar-refractivity contribution is 5.74. The minimum atomic E-state index is -0.211. The lowest BCUT2D eigenvalue weighted by Crippen LogP contribution is -2.43. The topological polar surface area (TPSA) is 79.2 Å². The molecule has 0 unspecified atom stereocenters. The largest absolute Gasteiger partial charge is 0.393 e. The molecule has 0 bridgehead atoms. The van der Waals surface area contributed by atoms with Crippen LogP contribution in [0.25, 0.3) is 5.69 Å². The van der Waals surface area contributed by atoms with Gasteiger partial charge in [-0.2, -0.15) is 5.10 Å². The van der Waals surface area contributed by atoms with Gasteiger partial charge in [-0.05, 0) is 43.4 Å². The van der Waals surface area contributed by atoms with Gasteiger partial charge < -0.3 is 15.7 Å². The van der Waals surface area contributed by atoms with E-state index in [4.69, 9.17) is 0 Å². The van der Waals surface area contributed by atoms with Crippen molar-refractivity contribution in [3.8, 4) is 5.69 Å². The van der Waals surface area contributed by atoms with Gasteiger partial charge in [0.15, 0.2) is 0 Å². The zero-order valence-electron chi connectivity index (χ0n) is 13.0. The number of benzene rings is 1. The first-order valence-electron chi connectivity index (χ1n) is 8.03. The number of para-hydroxylation sites is 1. The smallest absolute Gasteiger partial charge is 0.315 e. The molecular weight excluding hydrogens is 292 g/mol. The number of hydrogen-bond donors (Lipinski definition) is 3. The van der Waals surface area contributed by atoms with Crippen LogP contribution >= 0.6 is 0 Å². The lowest BCUT2D eigenvalue weighted by atomic mass is 9.93. The van der Waals surface area contributed by atoms with Gasteiger partial charge >= 0.3 is 6.03 Å². The number of hydrogen-bond acceptors (Lipinski definition) is 3. The summed E-state index contributed by atoms with van der Waals surface area (Å²) in [7, 11) is 0. The van der Waals surface area contributed by atoms with E-state index in [0.29, 0.717) is 6.54 Å². The summed E-state index contributed by atoms with van der Waals surface area (Å²) in [5.41, 5.74) is 1.96. The maximum atomic E-state index is 12.1. The van der Waals surface area contributed by atoms with Crippen LogP contribution in [0.5, 0.6) is 0 Å². The Labute approximate surface area is 135 Å². The van der Waals surface area contributed by atoms with Gasteiger partial charge in [-0.25, -0.2) is 9.48 Å². The highest BCUT2D eigenvalue weighted by Gasteiger charge is 2.20. The SMILES string of the molecule is O=C(NCc1ccccc1-n1cccn1)NC1CCC(O)CC1. The number of aliphatic hydroxyl groups is 1. The second-order valence-electron chi connectivity index (χ2n) is 5.91. The van der Waals surface area contributed by atoms with Crippen molar-refractivity contribution in [2.24, 2.45) is 0 Å². The summed E-state index contributed by atoms with van der Waals surface area (Å²) in [4.78, 5) is 12.1. The van der Waals surface area contributed by atoms with E-state index >= 15 is 0 Å². The third-order valence-corrected chi connectivity index (χ3v) is 4.21. The Hall–Kier alpha value is -2.34. The Morgan fingerprint density at radius 3 is 2.74 bits per heavy atom. The lowest BCUT2D eigenvalue weighted by Gasteiger charge is -2.26. The molecule has 0 aliphatic heterocycles. The quantitative estimate of drug-likeness (QED) is 0.807. The molecule has 6 heteroatoms. The molecule has 122 valence electrons. The molecule has 6 nitrogen and oxygen atoms in total. The standard InChI is InChI=1S/C17H22N4O2/c22-15-8-6-14(7-9-15)20-17(23)18-12-13-4-1-2-5-16(13)21-11-3-10-19-21/h1-5,10-11,14-15,22H,6-9,12H2,(H2,18,20,23). The molecule has 0 saturated heterocycles. The molecule has 2 amide bonds. The van der Waals surface area contributed by atoms with Crippen LogP contribution < -0.4 is 10.6 Å². The summed E-state index contributed by atoms with van der Waals surface area (Å²) in [5.74, 6) is 0. The van der Waals surface area contributed by atoms with Crippen molar-refractivity contribution in [3.05, 3.63) is 48.3 Å². The fourth-order valence-corrected chi connectivity index (χ4v) is 2.93. The van der Waals surface area contributed by atoms with Crippen molar-refractivity contribution in [1.29, 1.82) is 0 Å². The molecular formula is C17H22N4O2. The fourth-order valence-electron chi connectivity index (χ4n) is 2.93. The average molecular weight is 314 g/mol. The Balaban J connectivity index is 1.55. The van der Waals surface area contributed by atoms with Crippen LogP contribution in [0.15, 0.2) is 42.7 Å². The lowest BCUT2D eigenvalue weighted by molar-refractivity contribution is 0.117. The minimum absolute atomic E-state index is 0.153. The molecule has 0 spiro atoms. The van der Waals surface area contributed by atoms with Crippen molar-refractivity contribution >= 4 is 6.03 Å². The van der Waals surface area contributed by atoms with Gasteiger partial charge in [0.2, 0.25) is 0 Å². The summed E-state index contributed by atoms with van der Waals surface area (Å²) in [6, 6.07) is 9.72. The second-order valence-corrected chi connectivity index (χ2v) is 5.91. The summed E-state index contributed by atoms with van der Waals surface area (Å²) in [6.07, 6.45) is 6.58. The van der Waals surface area contributed by atoms with Crippen LogP contribution in [0.4, 0.5) is 4.79 Å². The molecule has 23 heavy (non-hydrogen) atoms. The zero-order chi connectivity index (χ0) is 16.1. The van der Waals surface area contributed by atoms with Crippen molar-refractivity contribution in [3.63, 3.8) is 0 Å². The number of amides is 2. The van der Waals surface area contributed by atoms with Crippen molar-refractivity contribution < 1.29 is 9.90 Å². The molecule has 0 radical (unpaired) electrons. The maximum absolute atomic E-state index is 12.1. The summed E-state index contributed by atoms with van der Waals surface area (Å²) >= 11 is 0. The number of nitrogens with one attached hydrogen (secondary N) is 2.